The molecule has 0 aromatic heterocycles. The van der Waals surface area contributed by atoms with Gasteiger partial charge < -0.3 is 10.6 Å². The zero-order valence-corrected chi connectivity index (χ0v) is 11.6. The molecule has 5 nitrogen and oxygen atoms in total. The van der Waals surface area contributed by atoms with Crippen molar-refractivity contribution < 1.29 is 13.2 Å². The molecule has 0 atom stereocenters. The molecule has 0 saturated heterocycles. The van der Waals surface area contributed by atoms with Gasteiger partial charge in [0.2, 0.25) is 5.91 Å². The first-order valence-corrected chi connectivity index (χ1v) is 7.95. The Bertz CT molecular complexity index is 302. The summed E-state index contributed by atoms with van der Waals surface area (Å²) >= 11 is 0. The average molecular weight is 264 g/mol. The lowest BCUT2D eigenvalue weighted by Gasteiger charge is -2.06. The lowest BCUT2D eigenvalue weighted by atomic mass is 10.3. The molecule has 17 heavy (non-hydrogen) atoms. The third-order valence-corrected chi connectivity index (χ3v) is 3.95. The number of hydrogen-bond donors (Lipinski definition) is 2. The SMILES string of the molecule is CCCCCS(=O)(=O)CC(=O)NCCCNC. The number of amides is 1. The van der Waals surface area contributed by atoms with Crippen LogP contribution in [0.15, 0.2) is 0 Å². The average Bonchev–Trinajstić information content (AvgIpc) is 2.24. The van der Waals surface area contributed by atoms with Gasteiger partial charge in [-0.15, -0.1) is 0 Å². The first-order chi connectivity index (χ1) is 8.02. The molecule has 0 saturated carbocycles. The maximum Gasteiger partial charge on any atom is 0.235 e. The summed E-state index contributed by atoms with van der Waals surface area (Å²) in [5.41, 5.74) is 0. The number of carbonyl (C=O) groups is 1. The van der Waals surface area contributed by atoms with Crippen LogP contribution in [0.5, 0.6) is 0 Å². The van der Waals surface area contributed by atoms with Crippen LogP contribution >= 0.6 is 0 Å². The Morgan fingerprint density at radius 1 is 1.12 bits per heavy atom. The van der Waals surface area contributed by atoms with Crippen molar-refractivity contribution in [1.29, 1.82) is 0 Å². The fourth-order valence-electron chi connectivity index (χ4n) is 1.39. The summed E-state index contributed by atoms with van der Waals surface area (Å²) in [7, 11) is -1.39. The van der Waals surface area contributed by atoms with Gasteiger partial charge in [-0.05, 0) is 26.4 Å². The number of sulfone groups is 1. The lowest BCUT2D eigenvalue weighted by Crippen LogP contribution is -2.32. The van der Waals surface area contributed by atoms with Crippen LogP contribution in [-0.4, -0.2) is 46.0 Å². The molecule has 0 rings (SSSR count). The highest BCUT2D eigenvalue weighted by Crippen LogP contribution is 2.00. The predicted octanol–water partition coefficient (Wildman–Crippen LogP) is 0.317. The smallest absolute Gasteiger partial charge is 0.235 e. The van der Waals surface area contributed by atoms with Crippen LogP contribution in [0, 0.1) is 0 Å². The molecule has 102 valence electrons. The summed E-state index contributed by atoms with van der Waals surface area (Å²) in [6, 6.07) is 0. The minimum Gasteiger partial charge on any atom is -0.355 e. The second kappa shape index (κ2) is 9.41. The summed E-state index contributed by atoms with van der Waals surface area (Å²) in [6.45, 7) is 3.34. The first-order valence-electron chi connectivity index (χ1n) is 6.13. The van der Waals surface area contributed by atoms with E-state index in [4.69, 9.17) is 0 Å². The van der Waals surface area contributed by atoms with Crippen LogP contribution in [0.1, 0.15) is 32.6 Å². The number of rotatable bonds is 10. The largest absolute Gasteiger partial charge is 0.355 e. The molecule has 0 spiro atoms. The van der Waals surface area contributed by atoms with Crippen molar-refractivity contribution in [3.8, 4) is 0 Å². The van der Waals surface area contributed by atoms with Gasteiger partial charge in [-0.25, -0.2) is 8.42 Å². The molecule has 0 heterocycles. The number of hydrogen-bond acceptors (Lipinski definition) is 4. The Hall–Kier alpha value is -0.620. The van der Waals surface area contributed by atoms with Gasteiger partial charge in [0.05, 0.1) is 5.75 Å². The van der Waals surface area contributed by atoms with E-state index >= 15 is 0 Å². The van der Waals surface area contributed by atoms with Gasteiger partial charge in [0.25, 0.3) is 0 Å². The summed E-state index contributed by atoms with van der Waals surface area (Å²) < 4.78 is 23.1. The fraction of sp³-hybridized carbons (Fsp3) is 0.909. The zero-order chi connectivity index (χ0) is 13.1. The molecule has 6 heteroatoms. The van der Waals surface area contributed by atoms with Gasteiger partial charge in [0, 0.05) is 6.54 Å². The van der Waals surface area contributed by atoms with Crippen molar-refractivity contribution in [3.05, 3.63) is 0 Å². The maximum absolute atomic E-state index is 11.5. The first kappa shape index (κ1) is 16.4. The lowest BCUT2D eigenvalue weighted by molar-refractivity contribution is -0.118. The molecule has 0 aliphatic heterocycles. The summed E-state index contributed by atoms with van der Waals surface area (Å²) in [4.78, 5) is 11.3. The Morgan fingerprint density at radius 2 is 1.82 bits per heavy atom. The van der Waals surface area contributed by atoms with Gasteiger partial charge in [-0.2, -0.15) is 0 Å². The number of nitrogens with one attached hydrogen (secondary N) is 2. The zero-order valence-electron chi connectivity index (χ0n) is 10.8. The molecular formula is C11H24N2O3S. The Kier molecular flexibility index (Phi) is 9.07. The van der Waals surface area contributed by atoms with Crippen LogP contribution < -0.4 is 10.6 Å². The van der Waals surface area contributed by atoms with E-state index in [2.05, 4.69) is 10.6 Å². The number of carbonyl (C=O) groups excluding carboxylic acids is 1. The predicted molar refractivity (Wildman–Crippen MR) is 69.7 cm³/mol. The molecular weight excluding hydrogens is 240 g/mol. The van der Waals surface area contributed by atoms with Gasteiger partial charge in [0.1, 0.15) is 5.75 Å². The Balaban J connectivity index is 3.77. The highest BCUT2D eigenvalue weighted by Gasteiger charge is 2.15. The van der Waals surface area contributed by atoms with E-state index in [1.54, 1.807) is 0 Å². The van der Waals surface area contributed by atoms with E-state index in [0.717, 1.165) is 25.8 Å². The summed E-state index contributed by atoms with van der Waals surface area (Å²) in [5.74, 6) is -0.654. The minimum absolute atomic E-state index is 0.116. The third kappa shape index (κ3) is 10.3. The molecule has 0 aromatic rings. The third-order valence-electron chi connectivity index (χ3n) is 2.34. The van der Waals surface area contributed by atoms with Gasteiger partial charge in [-0.3, -0.25) is 4.79 Å². The van der Waals surface area contributed by atoms with Crippen LogP contribution in [0.3, 0.4) is 0 Å². The van der Waals surface area contributed by atoms with E-state index in [0.29, 0.717) is 13.0 Å². The highest BCUT2D eigenvalue weighted by molar-refractivity contribution is 7.92. The maximum atomic E-state index is 11.5. The molecule has 2 N–H and O–H groups in total. The quantitative estimate of drug-likeness (QED) is 0.557. The molecule has 0 aliphatic rings. The van der Waals surface area contributed by atoms with Crippen LogP contribution in [0.2, 0.25) is 0 Å². The van der Waals surface area contributed by atoms with E-state index < -0.39 is 15.7 Å². The van der Waals surface area contributed by atoms with Crippen LogP contribution in [-0.2, 0) is 14.6 Å². The standard InChI is InChI=1S/C11H24N2O3S/c1-3-4-5-9-17(15,16)10-11(14)13-8-6-7-12-2/h12H,3-10H2,1-2H3,(H,13,14). The molecule has 0 aromatic carbocycles. The number of unbranched alkanes of at least 4 members (excludes halogenated alkanes) is 2. The normalized spacial score (nSPS) is 11.4. The van der Waals surface area contributed by atoms with Crippen molar-refractivity contribution in [1.82, 2.24) is 10.6 Å². The fourth-order valence-corrected chi connectivity index (χ4v) is 2.68. The van der Waals surface area contributed by atoms with Gasteiger partial charge in [-0.1, -0.05) is 19.8 Å². The molecule has 0 fully saturated rings. The van der Waals surface area contributed by atoms with Crippen molar-refractivity contribution in [2.75, 3.05) is 31.6 Å². The van der Waals surface area contributed by atoms with Crippen LogP contribution in [0.25, 0.3) is 0 Å². The van der Waals surface area contributed by atoms with E-state index in [1.165, 1.54) is 0 Å². The van der Waals surface area contributed by atoms with Crippen molar-refractivity contribution in [3.63, 3.8) is 0 Å². The molecule has 0 unspecified atom stereocenters. The highest BCUT2D eigenvalue weighted by atomic mass is 32.2. The van der Waals surface area contributed by atoms with Gasteiger partial charge >= 0.3 is 0 Å². The molecule has 0 bridgehead atoms. The van der Waals surface area contributed by atoms with Crippen molar-refractivity contribution in [2.24, 2.45) is 0 Å². The second-order valence-electron chi connectivity index (χ2n) is 4.11. The Morgan fingerprint density at radius 3 is 2.41 bits per heavy atom. The van der Waals surface area contributed by atoms with E-state index in [1.807, 2.05) is 14.0 Å². The van der Waals surface area contributed by atoms with E-state index in [9.17, 15) is 13.2 Å². The summed E-state index contributed by atoms with van der Waals surface area (Å²) in [6.07, 6.45) is 3.32. The van der Waals surface area contributed by atoms with Gasteiger partial charge in [0.15, 0.2) is 9.84 Å². The molecule has 0 aliphatic carbocycles. The molecule has 1 amide bonds. The summed E-state index contributed by atoms with van der Waals surface area (Å²) in [5, 5.41) is 5.56. The van der Waals surface area contributed by atoms with Crippen molar-refractivity contribution in [2.45, 2.75) is 32.6 Å². The Labute approximate surface area is 104 Å². The monoisotopic (exact) mass is 264 g/mol. The minimum atomic E-state index is -3.22. The molecule has 0 radical (unpaired) electrons. The van der Waals surface area contributed by atoms with Crippen LogP contribution in [0.4, 0.5) is 0 Å². The topological polar surface area (TPSA) is 75.3 Å². The van der Waals surface area contributed by atoms with Crippen molar-refractivity contribution >= 4 is 15.7 Å². The second-order valence-corrected chi connectivity index (χ2v) is 6.29. The van der Waals surface area contributed by atoms with E-state index in [-0.39, 0.29) is 11.5 Å².